The number of fused-ring (bicyclic) bond motifs is 2. The summed E-state index contributed by atoms with van der Waals surface area (Å²) in [4.78, 5) is 34.6. The highest BCUT2D eigenvalue weighted by molar-refractivity contribution is 5.83. The molecule has 0 atom stereocenters. The number of aromatic nitrogens is 4. The Morgan fingerprint density at radius 1 is 1.00 bits per heavy atom. The van der Waals surface area contributed by atoms with E-state index in [1.165, 1.54) is 26.4 Å². The van der Waals surface area contributed by atoms with Crippen LogP contribution in [0.3, 0.4) is 0 Å². The predicted octanol–water partition coefficient (Wildman–Crippen LogP) is 1.39. The first-order chi connectivity index (χ1) is 15.0. The Morgan fingerprint density at radius 2 is 1.71 bits per heavy atom. The summed E-state index contributed by atoms with van der Waals surface area (Å²) in [5.41, 5.74) is 0.225. The molecule has 31 heavy (non-hydrogen) atoms. The number of methoxy groups -OCH3 is 2. The number of benzene rings is 2. The molecular formula is C21H14N6O4. The number of aromatic amines is 1. The fraction of sp³-hybridized carbons (Fsp3) is 0.143. The van der Waals surface area contributed by atoms with Crippen LogP contribution in [-0.2, 0) is 6.54 Å². The van der Waals surface area contributed by atoms with Crippen molar-refractivity contribution in [3.8, 4) is 35.2 Å². The fourth-order valence-corrected chi connectivity index (χ4v) is 3.35. The zero-order valence-electron chi connectivity index (χ0n) is 16.5. The molecule has 2 aliphatic rings. The SMILES string of the molecule is COc1ccc(Cn2c3nc(=O)[nH]c(=O)c-3nc3cc(C#N)c(C#N)cc32)cc1OC. The summed E-state index contributed by atoms with van der Waals surface area (Å²) in [6.07, 6.45) is 0. The lowest BCUT2D eigenvalue weighted by Crippen LogP contribution is -2.29. The molecule has 2 aromatic rings. The molecule has 2 aromatic carbocycles. The Hall–Kier alpha value is -4.70. The van der Waals surface area contributed by atoms with Gasteiger partial charge in [-0.25, -0.2) is 9.78 Å². The maximum absolute atomic E-state index is 12.4. The van der Waals surface area contributed by atoms with Crippen molar-refractivity contribution in [3.05, 3.63) is 67.9 Å². The van der Waals surface area contributed by atoms with Crippen LogP contribution in [0.4, 0.5) is 0 Å². The first-order valence-corrected chi connectivity index (χ1v) is 8.98. The van der Waals surface area contributed by atoms with E-state index in [1.807, 2.05) is 12.1 Å². The molecular weight excluding hydrogens is 400 g/mol. The van der Waals surface area contributed by atoms with Gasteiger partial charge in [0.15, 0.2) is 23.0 Å². The number of nitrogens with zero attached hydrogens (tertiary/aromatic N) is 5. The number of nitrogens with one attached hydrogen (secondary N) is 1. The van der Waals surface area contributed by atoms with E-state index in [1.54, 1.807) is 22.8 Å². The van der Waals surface area contributed by atoms with Crippen molar-refractivity contribution in [1.29, 1.82) is 10.5 Å². The van der Waals surface area contributed by atoms with Crippen molar-refractivity contribution in [2.24, 2.45) is 0 Å². The molecule has 0 bridgehead atoms. The summed E-state index contributed by atoms with van der Waals surface area (Å²) in [6.45, 7) is 0.183. The number of ether oxygens (including phenoxy) is 2. The topological polar surface area (TPSA) is 147 Å². The van der Waals surface area contributed by atoms with Gasteiger partial charge in [0.25, 0.3) is 5.56 Å². The highest BCUT2D eigenvalue weighted by Crippen LogP contribution is 2.30. The van der Waals surface area contributed by atoms with Gasteiger partial charge in [0.05, 0.1) is 36.4 Å². The molecule has 0 unspecified atom stereocenters. The Balaban J connectivity index is 2.05. The van der Waals surface area contributed by atoms with Gasteiger partial charge in [0.2, 0.25) is 0 Å². The maximum Gasteiger partial charge on any atom is 0.349 e. The third-order valence-electron chi connectivity index (χ3n) is 4.78. The summed E-state index contributed by atoms with van der Waals surface area (Å²) in [7, 11) is 3.04. The van der Waals surface area contributed by atoms with E-state index in [-0.39, 0.29) is 29.2 Å². The molecule has 10 heteroatoms. The van der Waals surface area contributed by atoms with Crippen LogP contribution in [0.2, 0.25) is 0 Å². The average Bonchev–Trinajstić information content (AvgIpc) is 2.78. The van der Waals surface area contributed by atoms with Crippen LogP contribution in [0.15, 0.2) is 39.9 Å². The van der Waals surface area contributed by atoms with Crippen LogP contribution in [0.5, 0.6) is 11.5 Å². The summed E-state index contributed by atoms with van der Waals surface area (Å²) in [5.74, 6) is 1.11. The molecule has 0 fully saturated rings. The van der Waals surface area contributed by atoms with E-state index < -0.39 is 11.2 Å². The minimum absolute atomic E-state index is 0.0545. The van der Waals surface area contributed by atoms with Crippen molar-refractivity contribution >= 4 is 11.0 Å². The molecule has 4 rings (SSSR count). The number of H-pyrrole nitrogens is 1. The van der Waals surface area contributed by atoms with Crippen molar-refractivity contribution in [2.75, 3.05) is 14.2 Å². The Morgan fingerprint density at radius 3 is 2.39 bits per heavy atom. The monoisotopic (exact) mass is 414 g/mol. The third-order valence-corrected chi connectivity index (χ3v) is 4.78. The predicted molar refractivity (Wildman–Crippen MR) is 109 cm³/mol. The molecule has 2 heterocycles. The zero-order valence-corrected chi connectivity index (χ0v) is 16.5. The molecule has 152 valence electrons. The molecule has 2 aliphatic heterocycles. The Bertz CT molecular complexity index is 1510. The maximum atomic E-state index is 12.4. The van der Waals surface area contributed by atoms with Gasteiger partial charge >= 0.3 is 5.69 Å². The minimum atomic E-state index is -0.811. The van der Waals surface area contributed by atoms with E-state index in [4.69, 9.17) is 9.47 Å². The summed E-state index contributed by atoms with van der Waals surface area (Å²) in [6, 6.07) is 12.1. The van der Waals surface area contributed by atoms with Gasteiger partial charge in [-0.05, 0) is 29.8 Å². The second-order valence-electron chi connectivity index (χ2n) is 6.54. The van der Waals surface area contributed by atoms with Crippen LogP contribution in [0.25, 0.3) is 22.6 Å². The molecule has 10 nitrogen and oxygen atoms in total. The van der Waals surface area contributed by atoms with Gasteiger partial charge in [0.1, 0.15) is 12.1 Å². The lowest BCUT2D eigenvalue weighted by atomic mass is 10.1. The van der Waals surface area contributed by atoms with Crippen molar-refractivity contribution in [2.45, 2.75) is 6.54 Å². The Kier molecular flexibility index (Phi) is 4.82. The van der Waals surface area contributed by atoms with Crippen LogP contribution in [0.1, 0.15) is 16.7 Å². The number of nitriles is 2. The van der Waals surface area contributed by atoms with Gasteiger partial charge in [0, 0.05) is 6.54 Å². The molecule has 0 aliphatic carbocycles. The molecule has 1 N–H and O–H groups in total. The van der Waals surface area contributed by atoms with Crippen LogP contribution in [-0.4, -0.2) is 33.7 Å². The van der Waals surface area contributed by atoms with Crippen LogP contribution < -0.4 is 20.7 Å². The van der Waals surface area contributed by atoms with E-state index in [0.717, 1.165) is 5.56 Å². The summed E-state index contributed by atoms with van der Waals surface area (Å²) < 4.78 is 12.2. The first kappa shape index (κ1) is 19.6. The summed E-state index contributed by atoms with van der Waals surface area (Å²) >= 11 is 0. The second kappa shape index (κ2) is 7.61. The molecule has 0 saturated carbocycles. The lowest BCUT2D eigenvalue weighted by molar-refractivity contribution is 0.354. The molecule has 0 aromatic heterocycles. The van der Waals surface area contributed by atoms with Gasteiger partial charge < -0.3 is 14.0 Å². The largest absolute Gasteiger partial charge is 0.493 e. The first-order valence-electron chi connectivity index (χ1n) is 8.98. The standard InChI is InChI=1S/C21H14N6O4/c1-30-16-4-3-11(5-17(16)31-2)10-27-15-7-13(9-23)12(8-22)6-14(15)24-18-19(27)25-21(29)26-20(18)28/h3-7H,10H2,1-2H3,(H,26,28,29). The Labute approximate surface area is 174 Å². The van der Waals surface area contributed by atoms with Crippen LogP contribution in [0, 0.1) is 22.7 Å². The van der Waals surface area contributed by atoms with E-state index in [2.05, 4.69) is 15.0 Å². The zero-order chi connectivity index (χ0) is 22.1. The van der Waals surface area contributed by atoms with E-state index in [9.17, 15) is 20.1 Å². The fourth-order valence-electron chi connectivity index (χ4n) is 3.35. The second-order valence-corrected chi connectivity index (χ2v) is 6.54. The molecule has 0 saturated heterocycles. The van der Waals surface area contributed by atoms with Gasteiger partial charge in [-0.2, -0.15) is 15.5 Å². The molecule has 0 spiro atoms. The van der Waals surface area contributed by atoms with Gasteiger partial charge in [-0.1, -0.05) is 6.07 Å². The minimum Gasteiger partial charge on any atom is -0.493 e. The van der Waals surface area contributed by atoms with Gasteiger partial charge in [-0.3, -0.25) is 9.78 Å². The van der Waals surface area contributed by atoms with Crippen molar-refractivity contribution in [1.82, 2.24) is 19.5 Å². The smallest absolute Gasteiger partial charge is 0.349 e. The van der Waals surface area contributed by atoms with E-state index in [0.29, 0.717) is 22.5 Å². The van der Waals surface area contributed by atoms with Crippen molar-refractivity contribution < 1.29 is 9.47 Å². The third kappa shape index (κ3) is 3.32. The number of hydrogen-bond acceptors (Lipinski definition) is 8. The highest BCUT2D eigenvalue weighted by atomic mass is 16.5. The van der Waals surface area contributed by atoms with Crippen LogP contribution >= 0.6 is 0 Å². The number of rotatable bonds is 4. The van der Waals surface area contributed by atoms with Gasteiger partial charge in [-0.15, -0.1) is 0 Å². The lowest BCUT2D eigenvalue weighted by Gasteiger charge is -2.18. The normalized spacial score (nSPS) is 10.6. The van der Waals surface area contributed by atoms with Crippen molar-refractivity contribution in [3.63, 3.8) is 0 Å². The molecule has 0 radical (unpaired) electrons. The van der Waals surface area contributed by atoms with E-state index >= 15 is 0 Å². The average molecular weight is 414 g/mol. The molecule has 0 amide bonds. The number of hydrogen-bond donors (Lipinski definition) is 1. The highest BCUT2D eigenvalue weighted by Gasteiger charge is 2.20. The quantitative estimate of drug-likeness (QED) is 0.493. The summed E-state index contributed by atoms with van der Waals surface area (Å²) in [5, 5.41) is 18.8.